The van der Waals surface area contributed by atoms with Gasteiger partial charge in [-0.15, -0.1) is 0 Å². The number of halogens is 1. The molecule has 0 atom stereocenters. The van der Waals surface area contributed by atoms with Crippen LogP contribution >= 0.6 is 11.6 Å². The van der Waals surface area contributed by atoms with Gasteiger partial charge in [-0.3, -0.25) is 4.79 Å². The molecule has 8 heteroatoms. The number of ketones is 1. The fraction of sp³-hybridized carbons (Fsp3) is 0.259. The number of nitrogens with one attached hydrogen (secondary N) is 2. The molecule has 0 saturated heterocycles. The van der Waals surface area contributed by atoms with Crippen LogP contribution in [0.5, 0.6) is 5.75 Å². The Labute approximate surface area is 206 Å². The Balaban J connectivity index is 1.86. The smallest absolute Gasteiger partial charge is 0.338 e. The number of rotatable bonds is 7. The highest BCUT2D eigenvalue weighted by atomic mass is 35.5. The van der Waals surface area contributed by atoms with E-state index < -0.39 is 0 Å². The molecule has 0 radical (unpaired) electrons. The predicted octanol–water partition coefficient (Wildman–Crippen LogP) is 5.93. The molecule has 5 aromatic rings. The third kappa shape index (κ3) is 3.90. The van der Waals surface area contributed by atoms with Gasteiger partial charge in [-0.05, 0) is 64.3 Å². The summed E-state index contributed by atoms with van der Waals surface area (Å²) in [7, 11) is 3.98. The Bertz CT molecular complexity index is 1630. The highest BCUT2D eigenvalue weighted by Crippen LogP contribution is 2.46. The van der Waals surface area contributed by atoms with Gasteiger partial charge in [-0.25, -0.2) is 4.79 Å². The molecule has 0 aliphatic heterocycles. The van der Waals surface area contributed by atoms with Gasteiger partial charge in [0.2, 0.25) is 0 Å². The Kier molecular flexibility index (Phi) is 5.91. The van der Waals surface area contributed by atoms with Crippen LogP contribution in [0.3, 0.4) is 0 Å². The van der Waals surface area contributed by atoms with Gasteiger partial charge in [-0.2, -0.15) is 0 Å². The summed E-state index contributed by atoms with van der Waals surface area (Å²) in [5.74, 6) is 0.240. The van der Waals surface area contributed by atoms with Gasteiger partial charge < -0.3 is 24.3 Å². The molecule has 0 saturated carbocycles. The molecule has 180 valence electrons. The van der Waals surface area contributed by atoms with Gasteiger partial charge in [0, 0.05) is 44.7 Å². The standard InChI is InChI=1S/C27H26ClN3O4/c1-5-34-27(33)16-7-9-20-18(13-16)22-23(28)21-17-12-15(14(2)32)6-8-19(17)29-24(21)26(25(22)30-20)35-11-10-31(3)4/h6-9,12-13,29-30H,5,10-11H2,1-4H3. The Morgan fingerprint density at radius 1 is 0.943 bits per heavy atom. The van der Waals surface area contributed by atoms with E-state index in [-0.39, 0.29) is 11.8 Å². The zero-order valence-corrected chi connectivity index (χ0v) is 20.8. The van der Waals surface area contributed by atoms with Crippen molar-refractivity contribution in [1.29, 1.82) is 0 Å². The number of hydrogen-bond donors (Lipinski definition) is 2. The number of ether oxygens (including phenoxy) is 2. The molecule has 2 N–H and O–H groups in total. The van der Waals surface area contributed by atoms with E-state index in [1.807, 2.05) is 37.2 Å². The van der Waals surface area contributed by atoms with Gasteiger partial charge in [0.05, 0.1) is 28.2 Å². The number of fused-ring (bicyclic) bond motifs is 6. The minimum absolute atomic E-state index is 0.0212. The SMILES string of the molecule is CCOC(=O)c1ccc2[nH]c3c(OCCN(C)C)c4[nH]c5ccc(C(C)=O)cc5c4c(Cl)c3c2c1. The van der Waals surface area contributed by atoms with Crippen LogP contribution in [0.15, 0.2) is 36.4 Å². The molecule has 0 fully saturated rings. The van der Waals surface area contributed by atoms with Crippen LogP contribution in [0, 0.1) is 0 Å². The summed E-state index contributed by atoms with van der Waals surface area (Å²) < 4.78 is 11.5. The molecule has 3 aromatic carbocycles. The first kappa shape index (κ1) is 23.2. The number of likely N-dealkylation sites (N-methyl/N-ethyl adjacent to an activating group) is 1. The maximum atomic E-state index is 12.4. The lowest BCUT2D eigenvalue weighted by Crippen LogP contribution is -2.19. The predicted molar refractivity (Wildman–Crippen MR) is 140 cm³/mol. The van der Waals surface area contributed by atoms with E-state index in [1.54, 1.807) is 32.0 Å². The number of hydrogen-bond acceptors (Lipinski definition) is 5. The first-order valence-electron chi connectivity index (χ1n) is 11.5. The molecule has 2 heterocycles. The summed E-state index contributed by atoms with van der Waals surface area (Å²) in [6.07, 6.45) is 0. The quantitative estimate of drug-likeness (QED) is 0.218. The summed E-state index contributed by atoms with van der Waals surface area (Å²) in [6.45, 7) is 4.81. The first-order chi connectivity index (χ1) is 16.8. The number of aromatic amines is 2. The normalized spacial score (nSPS) is 11.8. The minimum Gasteiger partial charge on any atom is -0.488 e. The van der Waals surface area contributed by atoms with E-state index in [0.29, 0.717) is 35.1 Å². The highest BCUT2D eigenvalue weighted by molar-refractivity contribution is 6.46. The lowest BCUT2D eigenvalue weighted by Gasteiger charge is -2.13. The topological polar surface area (TPSA) is 87.4 Å². The summed E-state index contributed by atoms with van der Waals surface area (Å²) in [6, 6.07) is 10.9. The number of nitrogens with zero attached hydrogens (tertiary/aromatic N) is 1. The molecule has 7 nitrogen and oxygen atoms in total. The molecule has 0 spiro atoms. The fourth-order valence-electron chi connectivity index (χ4n) is 4.47. The second-order valence-corrected chi connectivity index (χ2v) is 9.22. The lowest BCUT2D eigenvalue weighted by atomic mass is 10.0. The number of benzene rings is 3. The highest BCUT2D eigenvalue weighted by Gasteiger charge is 2.23. The van der Waals surface area contributed by atoms with E-state index >= 15 is 0 Å². The molecule has 2 aromatic heterocycles. The molecular weight excluding hydrogens is 466 g/mol. The fourth-order valence-corrected chi connectivity index (χ4v) is 4.86. The maximum Gasteiger partial charge on any atom is 0.338 e. The second kappa shape index (κ2) is 8.91. The van der Waals surface area contributed by atoms with Gasteiger partial charge >= 0.3 is 5.97 Å². The van der Waals surface area contributed by atoms with Crippen molar-refractivity contribution in [3.05, 3.63) is 52.5 Å². The van der Waals surface area contributed by atoms with Crippen LogP contribution in [-0.4, -0.2) is 60.5 Å². The van der Waals surface area contributed by atoms with E-state index in [9.17, 15) is 9.59 Å². The van der Waals surface area contributed by atoms with E-state index in [2.05, 4.69) is 9.97 Å². The molecule has 0 unspecified atom stereocenters. The third-order valence-electron chi connectivity index (χ3n) is 6.19. The Hall–Kier alpha value is -3.55. The zero-order valence-electron chi connectivity index (χ0n) is 20.0. The molecule has 0 aliphatic carbocycles. The minimum atomic E-state index is -0.387. The van der Waals surface area contributed by atoms with E-state index in [4.69, 9.17) is 21.1 Å². The summed E-state index contributed by atoms with van der Waals surface area (Å²) in [5.41, 5.74) is 4.24. The second-order valence-electron chi connectivity index (χ2n) is 8.84. The molecule has 0 bridgehead atoms. The number of H-pyrrole nitrogens is 2. The van der Waals surface area contributed by atoms with Crippen LogP contribution in [0.1, 0.15) is 34.6 Å². The van der Waals surface area contributed by atoms with Crippen LogP contribution in [-0.2, 0) is 4.74 Å². The number of carbonyl (C=O) groups is 2. The summed E-state index contributed by atoms with van der Waals surface area (Å²) >= 11 is 7.09. The van der Waals surface area contributed by atoms with Gasteiger partial charge in [0.25, 0.3) is 0 Å². The van der Waals surface area contributed by atoms with Crippen LogP contribution in [0.2, 0.25) is 5.02 Å². The third-order valence-corrected chi connectivity index (χ3v) is 6.57. The van der Waals surface area contributed by atoms with Crippen molar-refractivity contribution in [2.45, 2.75) is 13.8 Å². The molecular formula is C27H26ClN3O4. The average molecular weight is 492 g/mol. The van der Waals surface area contributed by atoms with Crippen molar-refractivity contribution in [2.75, 3.05) is 33.9 Å². The Morgan fingerprint density at radius 3 is 2.06 bits per heavy atom. The van der Waals surface area contributed by atoms with Gasteiger partial charge in [-0.1, -0.05) is 11.6 Å². The lowest BCUT2D eigenvalue weighted by molar-refractivity contribution is 0.0526. The van der Waals surface area contributed by atoms with Gasteiger partial charge in [0.1, 0.15) is 6.61 Å². The number of aromatic nitrogens is 2. The zero-order chi connectivity index (χ0) is 24.9. The van der Waals surface area contributed by atoms with Crippen LogP contribution in [0.4, 0.5) is 0 Å². The summed E-state index contributed by atoms with van der Waals surface area (Å²) in [5, 5.41) is 3.70. The molecule has 0 aliphatic rings. The van der Waals surface area contributed by atoms with Crippen molar-refractivity contribution in [3.63, 3.8) is 0 Å². The Morgan fingerprint density at radius 2 is 1.51 bits per heavy atom. The van der Waals surface area contributed by atoms with E-state index in [0.717, 1.165) is 50.2 Å². The first-order valence-corrected chi connectivity index (χ1v) is 11.9. The van der Waals surface area contributed by atoms with Crippen LogP contribution < -0.4 is 4.74 Å². The van der Waals surface area contributed by atoms with Gasteiger partial charge in [0.15, 0.2) is 11.5 Å². The van der Waals surface area contributed by atoms with Crippen molar-refractivity contribution in [3.8, 4) is 5.75 Å². The number of Topliss-reactive ketones (excluding diaryl/α,β-unsaturated/α-hetero) is 1. The van der Waals surface area contributed by atoms with Crippen molar-refractivity contribution >= 4 is 67.0 Å². The van der Waals surface area contributed by atoms with Crippen molar-refractivity contribution < 1.29 is 19.1 Å². The largest absolute Gasteiger partial charge is 0.488 e. The number of carbonyl (C=O) groups excluding carboxylic acids is 2. The molecule has 0 amide bonds. The van der Waals surface area contributed by atoms with Crippen LogP contribution in [0.25, 0.3) is 43.6 Å². The maximum absolute atomic E-state index is 12.4. The number of esters is 1. The monoisotopic (exact) mass is 491 g/mol. The van der Waals surface area contributed by atoms with E-state index in [1.165, 1.54) is 0 Å². The van der Waals surface area contributed by atoms with Crippen molar-refractivity contribution in [1.82, 2.24) is 14.9 Å². The summed E-state index contributed by atoms with van der Waals surface area (Å²) in [4.78, 5) is 33.4. The molecule has 35 heavy (non-hydrogen) atoms. The average Bonchev–Trinajstić information content (AvgIpc) is 3.39. The molecule has 5 rings (SSSR count). The van der Waals surface area contributed by atoms with Crippen molar-refractivity contribution in [2.24, 2.45) is 0 Å².